The highest BCUT2D eigenvalue weighted by molar-refractivity contribution is 6.51. The second-order valence-corrected chi connectivity index (χ2v) is 2.31. The van der Waals surface area contributed by atoms with Crippen LogP contribution in [0.4, 0.5) is 12.9 Å². The lowest BCUT2D eigenvalue weighted by molar-refractivity contribution is 0.166. The van der Waals surface area contributed by atoms with E-state index in [1.54, 1.807) is 30.3 Å². The Balaban J connectivity index is 2.44. The molecule has 0 radical (unpaired) electrons. The van der Waals surface area contributed by atoms with E-state index in [1.807, 2.05) is 0 Å². The Bertz CT molecular complexity index is 234. The zero-order valence-corrected chi connectivity index (χ0v) is 6.21. The maximum absolute atomic E-state index is 11.6. The van der Waals surface area contributed by atoms with Crippen LogP contribution >= 0.6 is 0 Å². The standard InChI is InChI=1S/C7H7BF3O/c9-8(10,11)12-6-7-4-2-1-3-5-7/h1-5H,6H2/q-1. The largest absolute Gasteiger partial charge is 0.637 e. The average molecular weight is 175 g/mol. The summed E-state index contributed by atoms with van der Waals surface area (Å²) >= 11 is 0. The molecule has 0 heterocycles. The number of rotatable bonds is 3. The van der Waals surface area contributed by atoms with Crippen molar-refractivity contribution >= 4 is 7.18 Å². The highest BCUT2D eigenvalue weighted by atomic mass is 19.4. The van der Waals surface area contributed by atoms with Crippen LogP contribution in [-0.2, 0) is 11.3 Å². The third-order valence-electron chi connectivity index (χ3n) is 1.28. The van der Waals surface area contributed by atoms with E-state index < -0.39 is 13.8 Å². The zero-order valence-electron chi connectivity index (χ0n) is 6.21. The Labute approximate surface area is 68.2 Å². The van der Waals surface area contributed by atoms with Gasteiger partial charge in [-0.05, 0) is 5.56 Å². The Morgan fingerprint density at radius 3 is 2.17 bits per heavy atom. The molecule has 1 nitrogen and oxygen atoms in total. The number of hydrogen-bond donors (Lipinski definition) is 0. The van der Waals surface area contributed by atoms with Gasteiger partial charge in [0, 0.05) is 6.61 Å². The minimum absolute atomic E-state index is 0.398. The van der Waals surface area contributed by atoms with Crippen LogP contribution in [0.1, 0.15) is 5.56 Å². The molecule has 0 bridgehead atoms. The average Bonchev–Trinajstić information content (AvgIpc) is 2.02. The highest BCUT2D eigenvalue weighted by Crippen LogP contribution is 2.12. The molecule has 0 fully saturated rings. The van der Waals surface area contributed by atoms with E-state index in [-0.39, 0.29) is 0 Å². The Hall–Kier alpha value is -0.965. The first-order valence-electron chi connectivity index (χ1n) is 3.44. The fourth-order valence-corrected chi connectivity index (χ4v) is 0.765. The van der Waals surface area contributed by atoms with Crippen LogP contribution in [0, 0.1) is 0 Å². The zero-order chi connectivity index (χ0) is 9.03. The van der Waals surface area contributed by atoms with E-state index in [0.29, 0.717) is 5.56 Å². The summed E-state index contributed by atoms with van der Waals surface area (Å²) in [5.74, 6) is 0. The lowest BCUT2D eigenvalue weighted by Gasteiger charge is -2.15. The van der Waals surface area contributed by atoms with Gasteiger partial charge in [-0.2, -0.15) is 0 Å². The summed E-state index contributed by atoms with van der Waals surface area (Å²) in [5.41, 5.74) is 0.525. The van der Waals surface area contributed by atoms with Crippen LogP contribution in [0.15, 0.2) is 30.3 Å². The molecule has 5 heteroatoms. The number of halogens is 3. The lowest BCUT2D eigenvalue weighted by atomic mass is 10.2. The molecule has 12 heavy (non-hydrogen) atoms. The van der Waals surface area contributed by atoms with Crippen LogP contribution < -0.4 is 0 Å². The molecule has 0 amide bonds. The summed E-state index contributed by atoms with van der Waals surface area (Å²) in [7, 11) is -5.13. The highest BCUT2D eigenvalue weighted by Gasteiger charge is 2.24. The first-order chi connectivity index (χ1) is 5.58. The molecule has 0 aromatic heterocycles. The molecule has 0 aliphatic rings. The molecule has 0 aliphatic carbocycles. The van der Waals surface area contributed by atoms with Gasteiger partial charge in [0.05, 0.1) is 0 Å². The maximum Gasteiger partial charge on any atom is 0.637 e. The van der Waals surface area contributed by atoms with E-state index in [2.05, 4.69) is 4.65 Å². The summed E-state index contributed by atoms with van der Waals surface area (Å²) in [4.78, 5) is 0. The molecular weight excluding hydrogens is 168 g/mol. The van der Waals surface area contributed by atoms with Crippen molar-refractivity contribution in [2.24, 2.45) is 0 Å². The Morgan fingerprint density at radius 1 is 1.08 bits per heavy atom. The van der Waals surface area contributed by atoms with Gasteiger partial charge in [0.2, 0.25) is 0 Å². The van der Waals surface area contributed by atoms with E-state index in [9.17, 15) is 12.9 Å². The molecule has 0 N–H and O–H groups in total. The fraction of sp³-hybridized carbons (Fsp3) is 0.143. The van der Waals surface area contributed by atoms with Crippen LogP contribution in [-0.4, -0.2) is 7.18 Å². The third-order valence-corrected chi connectivity index (χ3v) is 1.28. The maximum atomic E-state index is 11.6. The van der Waals surface area contributed by atoms with Crippen molar-refractivity contribution < 1.29 is 17.6 Å². The summed E-state index contributed by atoms with van der Waals surface area (Å²) in [6.07, 6.45) is 0. The van der Waals surface area contributed by atoms with E-state index in [1.165, 1.54) is 0 Å². The van der Waals surface area contributed by atoms with Gasteiger partial charge in [-0.25, -0.2) is 0 Å². The van der Waals surface area contributed by atoms with E-state index in [0.717, 1.165) is 0 Å². The second kappa shape index (κ2) is 3.62. The minimum atomic E-state index is -5.13. The van der Waals surface area contributed by atoms with Gasteiger partial charge in [-0.1, -0.05) is 30.3 Å². The monoisotopic (exact) mass is 175 g/mol. The van der Waals surface area contributed by atoms with Crippen LogP contribution in [0.2, 0.25) is 0 Å². The molecule has 0 saturated carbocycles. The molecule has 0 aliphatic heterocycles. The van der Waals surface area contributed by atoms with Gasteiger partial charge in [0.1, 0.15) is 0 Å². The number of hydrogen-bond acceptors (Lipinski definition) is 1. The minimum Gasteiger partial charge on any atom is -0.504 e. The molecular formula is C7H7BF3O-. The van der Waals surface area contributed by atoms with Crippen molar-refractivity contribution in [1.82, 2.24) is 0 Å². The Kier molecular flexibility index (Phi) is 2.76. The lowest BCUT2D eigenvalue weighted by Crippen LogP contribution is -2.20. The summed E-state index contributed by atoms with van der Waals surface area (Å²) < 4.78 is 38.4. The topological polar surface area (TPSA) is 9.23 Å². The summed E-state index contributed by atoms with van der Waals surface area (Å²) in [6, 6.07) is 8.25. The molecule has 0 saturated heterocycles. The molecule has 1 aromatic carbocycles. The van der Waals surface area contributed by atoms with Gasteiger partial charge >= 0.3 is 7.18 Å². The third kappa shape index (κ3) is 3.43. The predicted octanol–water partition coefficient (Wildman–Crippen LogP) is 2.55. The number of benzene rings is 1. The van der Waals surface area contributed by atoms with Crippen molar-refractivity contribution in [1.29, 1.82) is 0 Å². The first-order valence-corrected chi connectivity index (χ1v) is 3.44. The van der Waals surface area contributed by atoms with Crippen molar-refractivity contribution in [2.45, 2.75) is 6.61 Å². The van der Waals surface area contributed by atoms with E-state index >= 15 is 0 Å². The molecule has 0 unspecified atom stereocenters. The predicted molar refractivity (Wildman–Crippen MR) is 40.3 cm³/mol. The Morgan fingerprint density at radius 2 is 1.67 bits per heavy atom. The molecule has 0 spiro atoms. The van der Waals surface area contributed by atoms with Gasteiger partial charge in [-0.3, -0.25) is 0 Å². The van der Waals surface area contributed by atoms with Crippen molar-refractivity contribution in [3.05, 3.63) is 35.9 Å². The first kappa shape index (κ1) is 9.13. The second-order valence-electron chi connectivity index (χ2n) is 2.31. The van der Waals surface area contributed by atoms with Crippen LogP contribution in [0.5, 0.6) is 0 Å². The van der Waals surface area contributed by atoms with E-state index in [4.69, 9.17) is 0 Å². The molecule has 1 aromatic rings. The van der Waals surface area contributed by atoms with Crippen molar-refractivity contribution in [3.8, 4) is 0 Å². The van der Waals surface area contributed by atoms with Crippen LogP contribution in [0.3, 0.4) is 0 Å². The summed E-state index contributed by atoms with van der Waals surface area (Å²) in [5, 5.41) is 0. The quantitative estimate of drug-likeness (QED) is 0.641. The normalized spacial score (nSPS) is 11.6. The summed E-state index contributed by atoms with van der Waals surface area (Å²) in [6.45, 7) is -0.398. The van der Waals surface area contributed by atoms with Crippen molar-refractivity contribution in [2.75, 3.05) is 0 Å². The van der Waals surface area contributed by atoms with Gasteiger partial charge in [0.15, 0.2) is 0 Å². The molecule has 66 valence electrons. The smallest absolute Gasteiger partial charge is 0.504 e. The van der Waals surface area contributed by atoms with Crippen LogP contribution in [0.25, 0.3) is 0 Å². The van der Waals surface area contributed by atoms with Gasteiger partial charge in [-0.15, -0.1) is 0 Å². The molecule has 0 atom stereocenters. The van der Waals surface area contributed by atoms with Crippen molar-refractivity contribution in [3.63, 3.8) is 0 Å². The van der Waals surface area contributed by atoms with Gasteiger partial charge < -0.3 is 17.6 Å². The molecule has 1 rings (SSSR count). The fourth-order valence-electron chi connectivity index (χ4n) is 0.765. The SMILES string of the molecule is F[B-](F)(F)OCc1ccccc1. The van der Waals surface area contributed by atoms with Gasteiger partial charge in [0.25, 0.3) is 0 Å².